The number of hydrogen-bond acceptors (Lipinski definition) is 3. The van der Waals surface area contributed by atoms with E-state index in [1.807, 2.05) is 25.1 Å². The van der Waals surface area contributed by atoms with E-state index < -0.39 is 6.03 Å². The second kappa shape index (κ2) is 6.40. The molecule has 2 aliphatic heterocycles. The average Bonchev–Trinajstić information content (AvgIpc) is 2.84. The Morgan fingerprint density at radius 1 is 1.17 bits per heavy atom. The van der Waals surface area contributed by atoms with E-state index in [1.54, 1.807) is 17.0 Å². The number of anilines is 1. The topological polar surface area (TPSA) is 60.9 Å². The van der Waals surface area contributed by atoms with Crippen molar-refractivity contribution in [1.29, 1.82) is 0 Å². The molecule has 0 aliphatic carbocycles. The van der Waals surface area contributed by atoms with E-state index in [1.165, 1.54) is 4.90 Å². The van der Waals surface area contributed by atoms with Crippen LogP contribution in [0.25, 0.3) is 0 Å². The monoisotopic (exact) mass is 315 g/mol. The lowest BCUT2D eigenvalue weighted by Crippen LogP contribution is -2.48. The van der Waals surface area contributed by atoms with Crippen LogP contribution in [0.3, 0.4) is 0 Å². The minimum Gasteiger partial charge on any atom is -0.338 e. The molecular weight excluding hydrogens is 294 g/mol. The molecule has 2 fully saturated rings. The van der Waals surface area contributed by atoms with Crippen LogP contribution in [0.15, 0.2) is 30.3 Å². The van der Waals surface area contributed by atoms with Crippen molar-refractivity contribution in [3.63, 3.8) is 0 Å². The first-order valence-electron chi connectivity index (χ1n) is 8.04. The summed E-state index contributed by atoms with van der Waals surface area (Å²) in [6, 6.07) is 8.80. The molecule has 4 amide bonds. The Bertz CT molecular complexity index is 617. The molecule has 122 valence electrons. The van der Waals surface area contributed by atoms with Gasteiger partial charge in [-0.3, -0.25) is 19.4 Å². The zero-order valence-electron chi connectivity index (χ0n) is 13.3. The number of carbonyl (C=O) groups is 3. The Morgan fingerprint density at radius 2 is 1.91 bits per heavy atom. The molecule has 23 heavy (non-hydrogen) atoms. The van der Waals surface area contributed by atoms with Crippen LogP contribution in [0.2, 0.25) is 0 Å². The summed E-state index contributed by atoms with van der Waals surface area (Å²) in [7, 11) is 0. The van der Waals surface area contributed by atoms with Gasteiger partial charge in [0.25, 0.3) is 5.91 Å². The van der Waals surface area contributed by atoms with Gasteiger partial charge < -0.3 is 4.90 Å². The van der Waals surface area contributed by atoms with E-state index in [2.05, 4.69) is 0 Å². The molecule has 3 rings (SSSR count). The molecule has 1 aromatic carbocycles. The maximum Gasteiger partial charge on any atom is 0.332 e. The summed E-state index contributed by atoms with van der Waals surface area (Å²) in [5.74, 6) is -0.467. The van der Waals surface area contributed by atoms with Gasteiger partial charge in [-0.05, 0) is 38.3 Å². The van der Waals surface area contributed by atoms with Crippen molar-refractivity contribution in [3.05, 3.63) is 30.3 Å². The van der Waals surface area contributed by atoms with E-state index >= 15 is 0 Å². The molecule has 6 nitrogen and oxygen atoms in total. The summed E-state index contributed by atoms with van der Waals surface area (Å²) < 4.78 is 0. The fourth-order valence-corrected chi connectivity index (χ4v) is 3.20. The van der Waals surface area contributed by atoms with Crippen LogP contribution in [0.4, 0.5) is 10.5 Å². The number of nitrogens with zero attached hydrogens (tertiary/aromatic N) is 3. The molecule has 0 radical (unpaired) electrons. The van der Waals surface area contributed by atoms with E-state index in [-0.39, 0.29) is 30.9 Å². The quantitative estimate of drug-likeness (QED) is 0.800. The predicted octanol–water partition coefficient (Wildman–Crippen LogP) is 1.86. The number of rotatable bonds is 3. The molecule has 2 heterocycles. The molecule has 0 N–H and O–H groups in total. The Hall–Kier alpha value is -2.37. The van der Waals surface area contributed by atoms with Crippen molar-refractivity contribution in [2.75, 3.05) is 24.5 Å². The van der Waals surface area contributed by atoms with E-state index in [0.717, 1.165) is 24.2 Å². The van der Waals surface area contributed by atoms with Crippen molar-refractivity contribution < 1.29 is 14.4 Å². The van der Waals surface area contributed by atoms with Crippen LogP contribution in [0.5, 0.6) is 0 Å². The second-order valence-electron chi connectivity index (χ2n) is 6.12. The summed E-state index contributed by atoms with van der Waals surface area (Å²) in [6.07, 6.45) is 3.08. The summed E-state index contributed by atoms with van der Waals surface area (Å²) in [5.41, 5.74) is 0.673. The third kappa shape index (κ3) is 3.06. The molecule has 6 heteroatoms. The van der Waals surface area contributed by atoms with Crippen LogP contribution in [0, 0.1) is 0 Å². The van der Waals surface area contributed by atoms with Gasteiger partial charge in [0.2, 0.25) is 5.91 Å². The molecule has 2 aliphatic rings. The smallest absolute Gasteiger partial charge is 0.332 e. The van der Waals surface area contributed by atoms with Gasteiger partial charge >= 0.3 is 6.03 Å². The highest BCUT2D eigenvalue weighted by molar-refractivity contribution is 6.13. The maximum absolute atomic E-state index is 12.5. The van der Waals surface area contributed by atoms with Gasteiger partial charge in [-0.15, -0.1) is 0 Å². The summed E-state index contributed by atoms with van der Waals surface area (Å²) in [4.78, 5) is 41.4. The molecule has 0 bridgehead atoms. The molecule has 1 aromatic rings. The van der Waals surface area contributed by atoms with Crippen molar-refractivity contribution in [3.8, 4) is 0 Å². The summed E-state index contributed by atoms with van der Waals surface area (Å²) in [5, 5.41) is 0. The molecule has 1 atom stereocenters. The van der Waals surface area contributed by atoms with Gasteiger partial charge in [0, 0.05) is 18.3 Å². The molecule has 2 saturated heterocycles. The first-order chi connectivity index (χ1) is 11.1. The fourth-order valence-electron chi connectivity index (χ4n) is 3.20. The maximum atomic E-state index is 12.5. The third-order valence-corrected chi connectivity index (χ3v) is 4.54. The molecule has 0 spiro atoms. The number of imide groups is 1. The average molecular weight is 315 g/mol. The first-order valence-corrected chi connectivity index (χ1v) is 8.04. The van der Waals surface area contributed by atoms with Crippen molar-refractivity contribution in [2.24, 2.45) is 0 Å². The van der Waals surface area contributed by atoms with Crippen LogP contribution in [0.1, 0.15) is 26.2 Å². The van der Waals surface area contributed by atoms with Crippen LogP contribution < -0.4 is 4.90 Å². The zero-order chi connectivity index (χ0) is 16.4. The van der Waals surface area contributed by atoms with Crippen molar-refractivity contribution in [1.82, 2.24) is 9.80 Å². The minimum atomic E-state index is -0.417. The third-order valence-electron chi connectivity index (χ3n) is 4.54. The Balaban J connectivity index is 1.69. The highest BCUT2D eigenvalue weighted by atomic mass is 16.2. The SMILES string of the molecule is CC1CCCCN1C(=O)CN1C(=O)CN(c2ccccc2)C1=O. The largest absolute Gasteiger partial charge is 0.338 e. The van der Waals surface area contributed by atoms with Crippen molar-refractivity contribution >= 4 is 23.5 Å². The normalized spacial score (nSPS) is 22.0. The lowest BCUT2D eigenvalue weighted by atomic mass is 10.0. The highest BCUT2D eigenvalue weighted by Gasteiger charge is 2.39. The van der Waals surface area contributed by atoms with Gasteiger partial charge in [0.15, 0.2) is 0 Å². The molecule has 0 saturated carbocycles. The Morgan fingerprint density at radius 3 is 2.61 bits per heavy atom. The zero-order valence-corrected chi connectivity index (χ0v) is 13.3. The standard InChI is InChI=1S/C17H21N3O3/c1-13-7-5-6-10-18(13)15(21)12-20-16(22)11-19(17(20)23)14-8-3-2-4-9-14/h2-4,8-9,13H,5-7,10-12H2,1H3. The number of para-hydroxylation sites is 1. The molecule has 1 unspecified atom stereocenters. The fraction of sp³-hybridized carbons (Fsp3) is 0.471. The van der Waals surface area contributed by atoms with E-state index in [9.17, 15) is 14.4 Å². The molecular formula is C17H21N3O3. The number of benzene rings is 1. The van der Waals surface area contributed by atoms with Gasteiger partial charge in [-0.1, -0.05) is 18.2 Å². The number of hydrogen-bond donors (Lipinski definition) is 0. The van der Waals surface area contributed by atoms with Crippen LogP contribution in [-0.2, 0) is 9.59 Å². The van der Waals surface area contributed by atoms with E-state index in [4.69, 9.17) is 0 Å². The highest BCUT2D eigenvalue weighted by Crippen LogP contribution is 2.22. The Labute approximate surface area is 135 Å². The number of piperidine rings is 1. The lowest BCUT2D eigenvalue weighted by molar-refractivity contribution is -0.138. The van der Waals surface area contributed by atoms with Gasteiger partial charge in [-0.2, -0.15) is 0 Å². The number of carbonyl (C=O) groups excluding carboxylic acids is 3. The Kier molecular flexibility index (Phi) is 4.32. The van der Waals surface area contributed by atoms with Gasteiger partial charge in [0.1, 0.15) is 13.1 Å². The van der Waals surface area contributed by atoms with Crippen LogP contribution >= 0.6 is 0 Å². The number of urea groups is 1. The summed E-state index contributed by atoms with van der Waals surface area (Å²) in [6.45, 7) is 2.55. The first kappa shape index (κ1) is 15.5. The van der Waals surface area contributed by atoms with Crippen LogP contribution in [-0.4, -0.2) is 53.3 Å². The number of likely N-dealkylation sites (tertiary alicyclic amines) is 1. The predicted molar refractivity (Wildman–Crippen MR) is 85.9 cm³/mol. The van der Waals surface area contributed by atoms with E-state index in [0.29, 0.717) is 12.2 Å². The summed E-state index contributed by atoms with van der Waals surface area (Å²) >= 11 is 0. The minimum absolute atomic E-state index is 0.00825. The lowest BCUT2D eigenvalue weighted by Gasteiger charge is -2.34. The van der Waals surface area contributed by atoms with Gasteiger partial charge in [-0.25, -0.2) is 4.79 Å². The second-order valence-corrected chi connectivity index (χ2v) is 6.12. The molecule has 0 aromatic heterocycles. The van der Waals surface area contributed by atoms with Gasteiger partial charge in [0.05, 0.1) is 0 Å². The van der Waals surface area contributed by atoms with Crippen molar-refractivity contribution in [2.45, 2.75) is 32.2 Å². The number of amides is 4.